The van der Waals surface area contributed by atoms with Crippen LogP contribution in [-0.2, 0) is 21.4 Å². The standard InChI is InChI=1S/C21H25NO2/c23-20(22-15-7-10-18-8-3-1-4-9-18)21(13-16-24-17-14-21)19-11-5-2-6-12-19/h1-6,8-9,11-12H,7,10,13-17H2,(H,22,23). The van der Waals surface area contributed by atoms with Gasteiger partial charge in [0.25, 0.3) is 0 Å². The second kappa shape index (κ2) is 8.11. The summed E-state index contributed by atoms with van der Waals surface area (Å²) in [6, 6.07) is 20.5. The number of rotatable bonds is 6. The van der Waals surface area contributed by atoms with Crippen molar-refractivity contribution in [2.24, 2.45) is 0 Å². The number of amides is 1. The quantitative estimate of drug-likeness (QED) is 0.827. The van der Waals surface area contributed by atoms with Crippen LogP contribution in [0, 0.1) is 0 Å². The van der Waals surface area contributed by atoms with Gasteiger partial charge in [0, 0.05) is 19.8 Å². The lowest BCUT2D eigenvalue weighted by atomic mass is 9.73. The molecule has 0 unspecified atom stereocenters. The third-order valence-electron chi connectivity index (χ3n) is 4.88. The second-order valence-corrected chi connectivity index (χ2v) is 6.41. The summed E-state index contributed by atoms with van der Waals surface area (Å²) in [5.74, 6) is 0.144. The maximum Gasteiger partial charge on any atom is 0.230 e. The summed E-state index contributed by atoms with van der Waals surface area (Å²) in [6.07, 6.45) is 3.45. The van der Waals surface area contributed by atoms with E-state index < -0.39 is 5.41 Å². The average molecular weight is 323 g/mol. The second-order valence-electron chi connectivity index (χ2n) is 6.41. The predicted octanol–water partition coefficient (Wildman–Crippen LogP) is 3.48. The number of hydrogen-bond donors (Lipinski definition) is 1. The van der Waals surface area contributed by atoms with Gasteiger partial charge in [-0.25, -0.2) is 0 Å². The number of nitrogens with one attached hydrogen (secondary N) is 1. The summed E-state index contributed by atoms with van der Waals surface area (Å²) < 4.78 is 5.50. The van der Waals surface area contributed by atoms with E-state index >= 15 is 0 Å². The molecular formula is C21H25NO2. The Morgan fingerprint density at radius 3 is 2.25 bits per heavy atom. The minimum atomic E-state index is -0.438. The molecule has 3 heteroatoms. The van der Waals surface area contributed by atoms with Crippen molar-refractivity contribution >= 4 is 5.91 Å². The molecular weight excluding hydrogens is 298 g/mol. The van der Waals surface area contributed by atoms with Gasteiger partial charge >= 0.3 is 0 Å². The Hall–Kier alpha value is -2.13. The first-order chi connectivity index (χ1) is 11.8. The van der Waals surface area contributed by atoms with Crippen molar-refractivity contribution in [2.75, 3.05) is 19.8 Å². The van der Waals surface area contributed by atoms with Gasteiger partial charge in [0.1, 0.15) is 0 Å². The summed E-state index contributed by atoms with van der Waals surface area (Å²) in [7, 11) is 0. The molecule has 1 heterocycles. The largest absolute Gasteiger partial charge is 0.381 e. The summed E-state index contributed by atoms with van der Waals surface area (Å²) in [5.41, 5.74) is 1.98. The minimum absolute atomic E-state index is 0.144. The summed E-state index contributed by atoms with van der Waals surface area (Å²) in [5, 5.41) is 3.17. The zero-order valence-electron chi connectivity index (χ0n) is 14.0. The first-order valence-corrected chi connectivity index (χ1v) is 8.77. The molecule has 0 atom stereocenters. The molecule has 0 aromatic heterocycles. The summed E-state index contributed by atoms with van der Waals surface area (Å²) in [4.78, 5) is 13.0. The van der Waals surface area contributed by atoms with E-state index in [4.69, 9.17) is 4.74 Å². The van der Waals surface area contributed by atoms with E-state index in [2.05, 4.69) is 41.7 Å². The van der Waals surface area contributed by atoms with Gasteiger partial charge in [-0.1, -0.05) is 60.7 Å². The monoisotopic (exact) mass is 323 g/mol. The van der Waals surface area contributed by atoms with Crippen molar-refractivity contribution in [3.05, 3.63) is 71.8 Å². The molecule has 1 aliphatic heterocycles. The van der Waals surface area contributed by atoms with Crippen LogP contribution in [0.3, 0.4) is 0 Å². The molecule has 1 saturated heterocycles. The molecule has 1 aliphatic rings. The molecule has 2 aromatic carbocycles. The molecule has 1 amide bonds. The molecule has 0 saturated carbocycles. The number of carbonyl (C=O) groups excluding carboxylic acids is 1. The van der Waals surface area contributed by atoms with Crippen LogP contribution in [0.1, 0.15) is 30.4 Å². The Morgan fingerprint density at radius 1 is 0.958 bits per heavy atom. The Bertz CT molecular complexity index is 633. The summed E-state index contributed by atoms with van der Waals surface area (Å²) >= 11 is 0. The lowest BCUT2D eigenvalue weighted by molar-refractivity contribution is -0.130. The molecule has 1 N–H and O–H groups in total. The Kier molecular flexibility index (Phi) is 5.65. The zero-order valence-corrected chi connectivity index (χ0v) is 14.0. The van der Waals surface area contributed by atoms with Gasteiger partial charge in [0.2, 0.25) is 5.91 Å². The zero-order chi connectivity index (χ0) is 16.7. The highest BCUT2D eigenvalue weighted by Crippen LogP contribution is 2.35. The average Bonchev–Trinajstić information content (AvgIpc) is 2.67. The van der Waals surface area contributed by atoms with Crippen LogP contribution >= 0.6 is 0 Å². The Labute approximate surface area is 144 Å². The third-order valence-corrected chi connectivity index (χ3v) is 4.88. The first-order valence-electron chi connectivity index (χ1n) is 8.77. The molecule has 3 nitrogen and oxygen atoms in total. The van der Waals surface area contributed by atoms with Crippen molar-refractivity contribution in [2.45, 2.75) is 31.1 Å². The molecule has 24 heavy (non-hydrogen) atoms. The maximum absolute atomic E-state index is 13.0. The third kappa shape index (κ3) is 3.85. The van der Waals surface area contributed by atoms with E-state index in [1.807, 2.05) is 24.3 Å². The topological polar surface area (TPSA) is 38.3 Å². The Morgan fingerprint density at radius 2 is 1.58 bits per heavy atom. The highest BCUT2D eigenvalue weighted by Gasteiger charge is 2.41. The maximum atomic E-state index is 13.0. The Balaban J connectivity index is 1.60. The highest BCUT2D eigenvalue weighted by molar-refractivity contribution is 5.88. The SMILES string of the molecule is O=C(NCCCc1ccccc1)C1(c2ccccc2)CCOCC1. The van der Waals surface area contributed by atoms with Crippen LogP contribution in [0.25, 0.3) is 0 Å². The first kappa shape index (κ1) is 16.7. The van der Waals surface area contributed by atoms with E-state index in [1.54, 1.807) is 0 Å². The van der Waals surface area contributed by atoms with E-state index in [1.165, 1.54) is 5.56 Å². The van der Waals surface area contributed by atoms with E-state index in [-0.39, 0.29) is 5.91 Å². The number of carbonyl (C=O) groups is 1. The van der Waals surface area contributed by atoms with E-state index in [0.717, 1.165) is 31.2 Å². The van der Waals surface area contributed by atoms with Crippen molar-refractivity contribution in [1.82, 2.24) is 5.32 Å². The van der Waals surface area contributed by atoms with Crippen molar-refractivity contribution in [3.63, 3.8) is 0 Å². The number of ether oxygens (including phenoxy) is 1. The lowest BCUT2D eigenvalue weighted by Gasteiger charge is -2.36. The molecule has 126 valence electrons. The van der Waals surface area contributed by atoms with Gasteiger partial charge in [-0.05, 0) is 36.8 Å². The normalized spacial score (nSPS) is 16.5. The van der Waals surface area contributed by atoms with Gasteiger partial charge in [0.15, 0.2) is 0 Å². The van der Waals surface area contributed by atoms with Crippen LogP contribution in [0.2, 0.25) is 0 Å². The van der Waals surface area contributed by atoms with Crippen LogP contribution in [-0.4, -0.2) is 25.7 Å². The molecule has 1 fully saturated rings. The van der Waals surface area contributed by atoms with Crippen LogP contribution in [0.15, 0.2) is 60.7 Å². The van der Waals surface area contributed by atoms with E-state index in [0.29, 0.717) is 19.8 Å². The van der Waals surface area contributed by atoms with E-state index in [9.17, 15) is 4.79 Å². The number of hydrogen-bond acceptors (Lipinski definition) is 2. The lowest BCUT2D eigenvalue weighted by Crippen LogP contribution is -2.48. The number of benzene rings is 2. The van der Waals surface area contributed by atoms with Gasteiger partial charge in [0.05, 0.1) is 5.41 Å². The highest BCUT2D eigenvalue weighted by atomic mass is 16.5. The fourth-order valence-electron chi connectivity index (χ4n) is 3.43. The fraction of sp³-hybridized carbons (Fsp3) is 0.381. The molecule has 2 aromatic rings. The van der Waals surface area contributed by atoms with Gasteiger partial charge < -0.3 is 10.1 Å². The summed E-state index contributed by atoms with van der Waals surface area (Å²) in [6.45, 7) is 2.00. The molecule has 0 radical (unpaired) electrons. The van der Waals surface area contributed by atoms with Crippen LogP contribution in [0.5, 0.6) is 0 Å². The van der Waals surface area contributed by atoms with Gasteiger partial charge in [-0.3, -0.25) is 4.79 Å². The molecule has 0 bridgehead atoms. The predicted molar refractivity (Wildman–Crippen MR) is 95.9 cm³/mol. The van der Waals surface area contributed by atoms with Crippen molar-refractivity contribution in [3.8, 4) is 0 Å². The molecule has 3 rings (SSSR count). The minimum Gasteiger partial charge on any atom is -0.381 e. The molecule has 0 spiro atoms. The van der Waals surface area contributed by atoms with Crippen LogP contribution < -0.4 is 5.32 Å². The fourth-order valence-corrected chi connectivity index (χ4v) is 3.43. The smallest absolute Gasteiger partial charge is 0.230 e. The van der Waals surface area contributed by atoms with Gasteiger partial charge in [-0.2, -0.15) is 0 Å². The van der Waals surface area contributed by atoms with Crippen molar-refractivity contribution in [1.29, 1.82) is 0 Å². The van der Waals surface area contributed by atoms with Gasteiger partial charge in [-0.15, -0.1) is 0 Å². The van der Waals surface area contributed by atoms with Crippen molar-refractivity contribution < 1.29 is 9.53 Å². The molecule has 0 aliphatic carbocycles. The van der Waals surface area contributed by atoms with Crippen LogP contribution in [0.4, 0.5) is 0 Å². The number of aryl methyl sites for hydroxylation is 1.